The van der Waals surface area contributed by atoms with Gasteiger partial charge in [0.2, 0.25) is 0 Å². The summed E-state index contributed by atoms with van der Waals surface area (Å²) in [5.41, 5.74) is 2.24. The van der Waals surface area contributed by atoms with Gasteiger partial charge in [-0.15, -0.1) is 0 Å². The molecule has 0 saturated heterocycles. The fraction of sp³-hybridized carbons (Fsp3) is 0.143. The van der Waals surface area contributed by atoms with Gasteiger partial charge in [-0.05, 0) is 74.0 Å². The molecule has 3 aromatic rings. The first-order valence-electron chi connectivity index (χ1n) is 8.98. The van der Waals surface area contributed by atoms with Crippen LogP contribution in [-0.2, 0) is 20.0 Å². The molecule has 9 heteroatoms. The van der Waals surface area contributed by atoms with Gasteiger partial charge in [-0.3, -0.25) is 9.44 Å². The van der Waals surface area contributed by atoms with Crippen molar-refractivity contribution in [2.75, 3.05) is 16.6 Å². The van der Waals surface area contributed by atoms with Gasteiger partial charge in [0.25, 0.3) is 20.0 Å². The molecule has 0 aliphatic carbocycles. The van der Waals surface area contributed by atoms with Crippen molar-refractivity contribution >= 4 is 31.4 Å². The molecular formula is C21H22N2O5S2. The zero-order valence-electron chi connectivity index (χ0n) is 16.7. The van der Waals surface area contributed by atoms with Crippen LogP contribution in [0.25, 0.3) is 0 Å². The second-order valence-corrected chi connectivity index (χ2v) is 10.1. The maximum atomic E-state index is 12.7. The molecule has 0 spiro atoms. The number of nitrogens with one attached hydrogen (secondary N) is 2. The van der Waals surface area contributed by atoms with E-state index in [1.165, 1.54) is 31.4 Å². The zero-order chi connectivity index (χ0) is 21.9. The summed E-state index contributed by atoms with van der Waals surface area (Å²) in [6.45, 7) is 3.61. The lowest BCUT2D eigenvalue weighted by atomic mass is 10.2. The Morgan fingerprint density at radius 1 is 0.700 bits per heavy atom. The lowest BCUT2D eigenvalue weighted by Crippen LogP contribution is -2.15. The molecule has 0 aliphatic heterocycles. The highest BCUT2D eigenvalue weighted by Gasteiger charge is 2.18. The minimum absolute atomic E-state index is 0.00721. The summed E-state index contributed by atoms with van der Waals surface area (Å²) in [5, 5.41) is 0. The van der Waals surface area contributed by atoms with E-state index >= 15 is 0 Å². The molecule has 0 bridgehead atoms. The topological polar surface area (TPSA) is 102 Å². The normalized spacial score (nSPS) is 11.7. The van der Waals surface area contributed by atoms with Crippen molar-refractivity contribution in [2.45, 2.75) is 23.6 Å². The predicted octanol–water partition coefficient (Wildman–Crippen LogP) is 3.91. The van der Waals surface area contributed by atoms with Crippen molar-refractivity contribution in [3.8, 4) is 5.75 Å². The van der Waals surface area contributed by atoms with Crippen LogP contribution >= 0.6 is 0 Å². The fourth-order valence-electron chi connectivity index (χ4n) is 2.89. The molecule has 0 fully saturated rings. The monoisotopic (exact) mass is 446 g/mol. The Balaban J connectivity index is 1.78. The third-order valence-electron chi connectivity index (χ3n) is 4.38. The highest BCUT2D eigenvalue weighted by atomic mass is 32.2. The molecule has 0 radical (unpaired) electrons. The zero-order valence-corrected chi connectivity index (χ0v) is 18.3. The number of aryl methyl sites for hydroxylation is 2. The second kappa shape index (κ2) is 8.37. The quantitative estimate of drug-likeness (QED) is 0.573. The summed E-state index contributed by atoms with van der Waals surface area (Å²) in [6, 6.07) is 17.0. The van der Waals surface area contributed by atoms with E-state index in [4.69, 9.17) is 4.74 Å². The Hall–Kier alpha value is -3.04. The van der Waals surface area contributed by atoms with E-state index in [9.17, 15) is 16.8 Å². The van der Waals surface area contributed by atoms with Crippen LogP contribution in [0.2, 0.25) is 0 Å². The van der Waals surface area contributed by atoms with Gasteiger partial charge >= 0.3 is 0 Å². The first-order chi connectivity index (χ1) is 14.1. The van der Waals surface area contributed by atoms with E-state index in [2.05, 4.69) is 9.44 Å². The number of anilines is 2. The number of ether oxygens (including phenoxy) is 1. The highest BCUT2D eigenvalue weighted by molar-refractivity contribution is 7.93. The molecule has 0 aromatic heterocycles. The van der Waals surface area contributed by atoms with Crippen LogP contribution in [0.5, 0.6) is 5.75 Å². The van der Waals surface area contributed by atoms with Crippen molar-refractivity contribution in [2.24, 2.45) is 0 Å². The Kier molecular flexibility index (Phi) is 6.04. The van der Waals surface area contributed by atoms with Crippen LogP contribution in [-0.4, -0.2) is 23.9 Å². The lowest BCUT2D eigenvalue weighted by molar-refractivity contribution is 0.415. The molecule has 158 valence electrons. The first kappa shape index (κ1) is 21.7. The van der Waals surface area contributed by atoms with Crippen LogP contribution in [0.15, 0.2) is 76.5 Å². The van der Waals surface area contributed by atoms with E-state index < -0.39 is 20.0 Å². The number of hydrogen-bond donors (Lipinski definition) is 2. The first-order valence-corrected chi connectivity index (χ1v) is 11.9. The van der Waals surface area contributed by atoms with E-state index in [1.54, 1.807) is 49.4 Å². The standard InChI is InChI=1S/C21H22N2O5S2/c1-15-4-13-21(16(2)14-15)30(26,27)23-18-7-11-20(12-8-18)29(24,25)22-17-5-9-19(28-3)10-6-17/h4-14,22-23H,1-3H3. The SMILES string of the molecule is COc1ccc(NS(=O)(=O)c2ccc(NS(=O)(=O)c3ccc(C)cc3C)cc2)cc1. The van der Waals surface area contributed by atoms with Crippen molar-refractivity contribution in [3.63, 3.8) is 0 Å². The van der Waals surface area contributed by atoms with Crippen molar-refractivity contribution < 1.29 is 21.6 Å². The third-order valence-corrected chi connectivity index (χ3v) is 7.32. The Bertz CT molecular complexity index is 1250. The van der Waals surface area contributed by atoms with Gasteiger partial charge in [0.15, 0.2) is 0 Å². The molecule has 0 unspecified atom stereocenters. The molecule has 3 rings (SSSR count). The summed E-state index contributed by atoms with van der Waals surface area (Å²) in [7, 11) is -6.09. The summed E-state index contributed by atoms with van der Waals surface area (Å²) in [5.74, 6) is 0.610. The molecule has 2 N–H and O–H groups in total. The molecule has 0 saturated carbocycles. The van der Waals surface area contributed by atoms with Gasteiger partial charge < -0.3 is 4.74 Å². The minimum atomic E-state index is -3.83. The van der Waals surface area contributed by atoms with E-state index in [1.807, 2.05) is 6.92 Å². The van der Waals surface area contributed by atoms with Gasteiger partial charge in [0.1, 0.15) is 5.75 Å². The molecule has 30 heavy (non-hydrogen) atoms. The van der Waals surface area contributed by atoms with E-state index in [0.717, 1.165) is 5.56 Å². The summed E-state index contributed by atoms with van der Waals surface area (Å²) in [4.78, 5) is 0.179. The lowest BCUT2D eigenvalue weighted by Gasteiger charge is -2.12. The average molecular weight is 447 g/mol. The summed E-state index contributed by atoms with van der Waals surface area (Å²) < 4.78 is 60.5. The van der Waals surface area contributed by atoms with Crippen LogP contribution in [0, 0.1) is 13.8 Å². The summed E-state index contributed by atoms with van der Waals surface area (Å²) in [6.07, 6.45) is 0. The van der Waals surface area contributed by atoms with E-state index in [0.29, 0.717) is 17.0 Å². The van der Waals surface area contributed by atoms with Crippen LogP contribution in [0.4, 0.5) is 11.4 Å². The Labute approximate surface area is 176 Å². The highest BCUT2D eigenvalue weighted by Crippen LogP contribution is 2.23. The minimum Gasteiger partial charge on any atom is -0.497 e. The van der Waals surface area contributed by atoms with Gasteiger partial charge in [0, 0.05) is 11.4 Å². The molecule has 0 heterocycles. The summed E-state index contributed by atoms with van der Waals surface area (Å²) >= 11 is 0. The second-order valence-electron chi connectivity index (χ2n) is 6.73. The molecular weight excluding hydrogens is 424 g/mol. The smallest absolute Gasteiger partial charge is 0.262 e. The number of hydrogen-bond acceptors (Lipinski definition) is 5. The van der Waals surface area contributed by atoms with Crippen LogP contribution < -0.4 is 14.2 Å². The Morgan fingerprint density at radius 2 is 1.23 bits per heavy atom. The Morgan fingerprint density at radius 3 is 1.77 bits per heavy atom. The number of benzene rings is 3. The van der Waals surface area contributed by atoms with Crippen LogP contribution in [0.1, 0.15) is 11.1 Å². The number of methoxy groups -OCH3 is 1. The van der Waals surface area contributed by atoms with Crippen molar-refractivity contribution in [1.82, 2.24) is 0 Å². The van der Waals surface area contributed by atoms with Gasteiger partial charge in [0.05, 0.1) is 16.9 Å². The van der Waals surface area contributed by atoms with Gasteiger partial charge in [-0.1, -0.05) is 17.7 Å². The molecule has 0 aliphatic rings. The largest absolute Gasteiger partial charge is 0.497 e. The fourth-order valence-corrected chi connectivity index (χ4v) is 5.23. The number of sulfonamides is 2. The van der Waals surface area contributed by atoms with Gasteiger partial charge in [-0.2, -0.15) is 0 Å². The van der Waals surface area contributed by atoms with Crippen molar-refractivity contribution in [3.05, 3.63) is 77.9 Å². The van der Waals surface area contributed by atoms with Gasteiger partial charge in [-0.25, -0.2) is 16.8 Å². The van der Waals surface area contributed by atoms with Crippen LogP contribution in [0.3, 0.4) is 0 Å². The molecule has 7 nitrogen and oxygen atoms in total. The maximum absolute atomic E-state index is 12.7. The molecule has 0 amide bonds. The predicted molar refractivity (Wildman–Crippen MR) is 117 cm³/mol. The average Bonchev–Trinajstić information content (AvgIpc) is 2.68. The molecule has 0 atom stereocenters. The van der Waals surface area contributed by atoms with Crippen molar-refractivity contribution in [1.29, 1.82) is 0 Å². The third kappa shape index (κ3) is 4.92. The van der Waals surface area contributed by atoms with E-state index in [-0.39, 0.29) is 15.5 Å². The molecule has 3 aromatic carbocycles. The number of rotatable bonds is 7. The maximum Gasteiger partial charge on any atom is 0.262 e.